The van der Waals surface area contributed by atoms with Crippen LogP contribution in [0.4, 0.5) is 0 Å². The summed E-state index contributed by atoms with van der Waals surface area (Å²) in [7, 11) is 3.87. The van der Waals surface area contributed by atoms with Gasteiger partial charge in [0.2, 0.25) is 0 Å². The number of guanidine groups is 1. The van der Waals surface area contributed by atoms with Gasteiger partial charge in [0.25, 0.3) is 0 Å². The van der Waals surface area contributed by atoms with Gasteiger partial charge in [0.15, 0.2) is 5.96 Å². The lowest BCUT2D eigenvalue weighted by Crippen LogP contribution is -2.38. The fourth-order valence-corrected chi connectivity index (χ4v) is 2.40. The Morgan fingerprint density at radius 2 is 2.21 bits per heavy atom. The van der Waals surface area contributed by atoms with Crippen molar-refractivity contribution < 1.29 is 9.47 Å². The van der Waals surface area contributed by atoms with Crippen LogP contribution in [0.15, 0.2) is 16.6 Å². The first-order valence-electron chi connectivity index (χ1n) is 8.71. The summed E-state index contributed by atoms with van der Waals surface area (Å²) in [6, 6.07) is 0. The molecule has 0 aromatic heterocycles. The van der Waals surface area contributed by atoms with Crippen LogP contribution < -0.4 is 10.6 Å². The zero-order chi connectivity index (χ0) is 16.8. The summed E-state index contributed by atoms with van der Waals surface area (Å²) in [5.74, 6) is 0.908. The second kappa shape index (κ2) is 16.1. The highest BCUT2D eigenvalue weighted by atomic mass is 127. The zero-order valence-electron chi connectivity index (χ0n) is 15.5. The molecule has 0 unspecified atom stereocenters. The number of aliphatic imine (C=N–C) groups is 1. The quantitative estimate of drug-likeness (QED) is 0.164. The summed E-state index contributed by atoms with van der Waals surface area (Å²) in [4.78, 5) is 6.93. The third-order valence-corrected chi connectivity index (χ3v) is 3.78. The molecule has 24 heavy (non-hydrogen) atoms. The average Bonchev–Trinajstić information content (AvgIpc) is 2.56. The van der Waals surface area contributed by atoms with Crippen LogP contribution in [0.3, 0.4) is 0 Å². The normalized spacial score (nSPS) is 15.0. The Balaban J connectivity index is 0.00000529. The molecule has 0 spiro atoms. The third-order valence-electron chi connectivity index (χ3n) is 3.78. The van der Waals surface area contributed by atoms with Crippen LogP contribution in [0.1, 0.15) is 26.2 Å². The van der Waals surface area contributed by atoms with Gasteiger partial charge in [-0.15, -0.1) is 24.0 Å². The molecule has 0 aromatic rings. The van der Waals surface area contributed by atoms with Crippen LogP contribution in [0, 0.1) is 0 Å². The van der Waals surface area contributed by atoms with Gasteiger partial charge < -0.3 is 25.0 Å². The summed E-state index contributed by atoms with van der Waals surface area (Å²) < 4.78 is 10.4. The molecule has 0 saturated heterocycles. The molecule has 0 saturated carbocycles. The highest BCUT2D eigenvalue weighted by Gasteiger charge is 2.04. The first-order valence-corrected chi connectivity index (χ1v) is 8.71. The molecule has 0 aromatic carbocycles. The van der Waals surface area contributed by atoms with Crippen LogP contribution in [0.25, 0.3) is 0 Å². The molecular formula is C17H35IN4O2. The molecule has 1 aliphatic heterocycles. The maximum atomic E-state index is 5.33. The van der Waals surface area contributed by atoms with Gasteiger partial charge in [-0.3, -0.25) is 4.99 Å². The Morgan fingerprint density at radius 3 is 2.88 bits per heavy atom. The second-order valence-electron chi connectivity index (χ2n) is 5.77. The maximum Gasteiger partial charge on any atom is 0.191 e. The van der Waals surface area contributed by atoms with Crippen LogP contribution in [0.2, 0.25) is 0 Å². The Kier molecular flexibility index (Phi) is 15.9. The van der Waals surface area contributed by atoms with Crippen molar-refractivity contribution in [3.05, 3.63) is 11.6 Å². The smallest absolute Gasteiger partial charge is 0.191 e. The molecule has 142 valence electrons. The predicted molar refractivity (Wildman–Crippen MR) is 112 cm³/mol. The van der Waals surface area contributed by atoms with E-state index in [1.807, 2.05) is 0 Å². The molecule has 1 rings (SSSR count). The van der Waals surface area contributed by atoms with Gasteiger partial charge in [-0.05, 0) is 33.2 Å². The summed E-state index contributed by atoms with van der Waals surface area (Å²) in [6.45, 7) is 9.14. The SMILES string of the molecule is CCNC(=NCCN(C)CCCOC)NCCC1=CCOCC1.I. The lowest BCUT2D eigenvalue weighted by molar-refractivity contribution is 0.153. The molecule has 0 radical (unpaired) electrons. The van der Waals surface area contributed by atoms with E-state index < -0.39 is 0 Å². The van der Waals surface area contributed by atoms with Crippen molar-refractivity contribution in [1.29, 1.82) is 0 Å². The molecular weight excluding hydrogens is 419 g/mol. The van der Waals surface area contributed by atoms with Crippen molar-refractivity contribution >= 4 is 29.9 Å². The largest absolute Gasteiger partial charge is 0.385 e. The van der Waals surface area contributed by atoms with Crippen LogP contribution >= 0.6 is 24.0 Å². The summed E-state index contributed by atoms with van der Waals surface area (Å²) in [5.41, 5.74) is 1.48. The lowest BCUT2D eigenvalue weighted by atomic mass is 10.1. The molecule has 0 aliphatic carbocycles. The van der Waals surface area contributed by atoms with E-state index in [2.05, 4.69) is 40.6 Å². The topological polar surface area (TPSA) is 58.1 Å². The van der Waals surface area contributed by atoms with Crippen molar-refractivity contribution in [1.82, 2.24) is 15.5 Å². The second-order valence-corrected chi connectivity index (χ2v) is 5.77. The minimum Gasteiger partial charge on any atom is -0.385 e. The van der Waals surface area contributed by atoms with Gasteiger partial charge >= 0.3 is 0 Å². The molecule has 1 heterocycles. The number of nitrogens with zero attached hydrogens (tertiary/aromatic N) is 2. The van der Waals surface area contributed by atoms with E-state index in [1.54, 1.807) is 7.11 Å². The number of hydrogen-bond acceptors (Lipinski definition) is 4. The number of halogens is 1. The molecule has 6 nitrogen and oxygen atoms in total. The van der Waals surface area contributed by atoms with E-state index in [9.17, 15) is 0 Å². The molecule has 2 N–H and O–H groups in total. The number of methoxy groups -OCH3 is 1. The number of nitrogens with one attached hydrogen (secondary N) is 2. The highest BCUT2D eigenvalue weighted by Crippen LogP contribution is 2.10. The van der Waals surface area contributed by atoms with E-state index >= 15 is 0 Å². The molecule has 1 aliphatic rings. The van der Waals surface area contributed by atoms with Crippen molar-refractivity contribution in [2.45, 2.75) is 26.2 Å². The fourth-order valence-electron chi connectivity index (χ4n) is 2.40. The molecule has 7 heteroatoms. The van der Waals surface area contributed by atoms with Gasteiger partial charge in [-0.25, -0.2) is 0 Å². The van der Waals surface area contributed by atoms with Crippen molar-refractivity contribution in [3.63, 3.8) is 0 Å². The van der Waals surface area contributed by atoms with Crippen LogP contribution in [0.5, 0.6) is 0 Å². The van der Waals surface area contributed by atoms with Crippen molar-refractivity contribution in [2.75, 3.05) is 66.7 Å². The third kappa shape index (κ3) is 12.0. The zero-order valence-corrected chi connectivity index (χ0v) is 17.8. The number of hydrogen-bond donors (Lipinski definition) is 2. The lowest BCUT2D eigenvalue weighted by Gasteiger charge is -2.17. The van der Waals surface area contributed by atoms with Gasteiger partial charge in [-0.1, -0.05) is 11.6 Å². The van der Waals surface area contributed by atoms with Gasteiger partial charge in [0.1, 0.15) is 0 Å². The predicted octanol–water partition coefficient (Wildman–Crippen LogP) is 1.86. The maximum absolute atomic E-state index is 5.33. The van der Waals surface area contributed by atoms with E-state index in [1.165, 1.54) is 5.57 Å². The standard InChI is InChI=1S/C17H34N4O2.HI/c1-4-18-17(19-9-6-16-7-14-23-15-8-16)20-10-12-21(2)11-5-13-22-3;/h7H,4-6,8-15H2,1-3H3,(H2,18,19,20);1H. The number of ether oxygens (including phenoxy) is 2. The first kappa shape index (κ1) is 23.6. The molecule has 0 atom stereocenters. The van der Waals surface area contributed by atoms with Crippen LogP contribution in [-0.2, 0) is 9.47 Å². The summed E-state index contributed by atoms with van der Waals surface area (Å²) >= 11 is 0. The Morgan fingerprint density at radius 1 is 1.38 bits per heavy atom. The van der Waals surface area contributed by atoms with Crippen LogP contribution in [-0.4, -0.2) is 77.6 Å². The molecule has 0 bridgehead atoms. The minimum absolute atomic E-state index is 0. The first-order chi connectivity index (χ1) is 11.3. The van der Waals surface area contributed by atoms with E-state index in [4.69, 9.17) is 9.47 Å². The van der Waals surface area contributed by atoms with Crippen molar-refractivity contribution in [3.8, 4) is 0 Å². The summed E-state index contributed by atoms with van der Waals surface area (Å²) in [5, 5.41) is 6.72. The number of rotatable bonds is 11. The Labute approximate surface area is 164 Å². The molecule has 0 amide bonds. The van der Waals surface area contributed by atoms with Crippen molar-refractivity contribution in [2.24, 2.45) is 4.99 Å². The fraction of sp³-hybridized carbons (Fsp3) is 0.824. The van der Waals surface area contributed by atoms with Gasteiger partial charge in [0.05, 0.1) is 19.8 Å². The number of likely N-dealkylation sites (N-methyl/N-ethyl adjacent to an activating group) is 1. The Hall–Kier alpha value is -0.380. The van der Waals surface area contributed by atoms with E-state index in [0.717, 1.165) is 77.8 Å². The molecule has 0 fully saturated rings. The Bertz CT molecular complexity index is 364. The monoisotopic (exact) mass is 454 g/mol. The minimum atomic E-state index is 0. The average molecular weight is 454 g/mol. The summed E-state index contributed by atoms with van der Waals surface area (Å²) in [6.07, 6.45) is 5.38. The van der Waals surface area contributed by atoms with E-state index in [-0.39, 0.29) is 24.0 Å². The van der Waals surface area contributed by atoms with Gasteiger partial charge in [-0.2, -0.15) is 0 Å². The van der Waals surface area contributed by atoms with Gasteiger partial charge in [0, 0.05) is 39.9 Å². The van der Waals surface area contributed by atoms with E-state index in [0.29, 0.717) is 0 Å². The highest BCUT2D eigenvalue weighted by molar-refractivity contribution is 14.0.